The first-order chi connectivity index (χ1) is 9.97. The Morgan fingerprint density at radius 1 is 1.38 bits per heavy atom. The number of nitrogens with two attached hydrogens (primary N) is 1. The summed E-state index contributed by atoms with van der Waals surface area (Å²) in [7, 11) is 0. The summed E-state index contributed by atoms with van der Waals surface area (Å²) in [6.45, 7) is 1.55. The Labute approximate surface area is 128 Å². The van der Waals surface area contributed by atoms with Crippen molar-refractivity contribution >= 4 is 29.2 Å². The van der Waals surface area contributed by atoms with E-state index in [2.05, 4.69) is 5.32 Å². The Hall–Kier alpha value is -1.75. The van der Waals surface area contributed by atoms with Crippen LogP contribution >= 0.6 is 11.6 Å². The number of benzene rings is 1. The summed E-state index contributed by atoms with van der Waals surface area (Å²) in [4.78, 5) is 24.0. The number of rotatable bonds is 4. The van der Waals surface area contributed by atoms with Crippen LogP contribution in [0.5, 0.6) is 0 Å². The van der Waals surface area contributed by atoms with Crippen molar-refractivity contribution in [3.05, 3.63) is 28.8 Å². The summed E-state index contributed by atoms with van der Waals surface area (Å²) in [6.07, 6.45) is 3.36. The van der Waals surface area contributed by atoms with Gasteiger partial charge in [0.05, 0.1) is 5.56 Å². The summed E-state index contributed by atoms with van der Waals surface area (Å²) in [6, 6.07) is 4.71. The molecule has 1 aliphatic carbocycles. The Morgan fingerprint density at radius 3 is 2.67 bits per heavy atom. The molecule has 0 bridgehead atoms. The molecular formula is C15H19ClN2O3. The minimum absolute atomic E-state index is 0.194. The molecule has 1 fully saturated rings. The lowest BCUT2D eigenvalue weighted by molar-refractivity contribution is -0.129. The number of amides is 1. The highest BCUT2D eigenvalue weighted by Gasteiger charge is 2.24. The zero-order valence-corrected chi connectivity index (χ0v) is 12.7. The molecule has 0 spiro atoms. The molecule has 2 rings (SSSR count). The predicted molar refractivity (Wildman–Crippen MR) is 81.1 cm³/mol. The van der Waals surface area contributed by atoms with Crippen molar-refractivity contribution < 1.29 is 14.3 Å². The van der Waals surface area contributed by atoms with Crippen LogP contribution in [0, 0.1) is 0 Å². The van der Waals surface area contributed by atoms with Gasteiger partial charge < -0.3 is 15.8 Å². The second-order valence-electron chi connectivity index (χ2n) is 5.27. The highest BCUT2D eigenvalue weighted by Crippen LogP contribution is 2.20. The Kier molecular flexibility index (Phi) is 5.07. The second kappa shape index (κ2) is 6.80. The van der Waals surface area contributed by atoms with Crippen molar-refractivity contribution in [2.24, 2.45) is 0 Å². The third-order valence-electron chi connectivity index (χ3n) is 3.59. The van der Waals surface area contributed by atoms with E-state index in [0.29, 0.717) is 5.02 Å². The van der Waals surface area contributed by atoms with Crippen LogP contribution in [-0.2, 0) is 9.53 Å². The number of hydrogen-bond acceptors (Lipinski definition) is 4. The van der Waals surface area contributed by atoms with E-state index < -0.39 is 12.1 Å². The quantitative estimate of drug-likeness (QED) is 0.661. The zero-order chi connectivity index (χ0) is 15.4. The molecule has 0 aliphatic heterocycles. The van der Waals surface area contributed by atoms with Gasteiger partial charge in [0.1, 0.15) is 0 Å². The molecule has 1 aliphatic rings. The first kappa shape index (κ1) is 15.6. The molecule has 114 valence electrons. The van der Waals surface area contributed by atoms with Crippen molar-refractivity contribution in [2.75, 3.05) is 5.73 Å². The molecule has 1 aromatic rings. The number of nitrogen functional groups attached to an aromatic ring is 1. The molecule has 6 heteroatoms. The Bertz CT molecular complexity index is 542. The number of halogens is 1. The van der Waals surface area contributed by atoms with Crippen molar-refractivity contribution in [1.29, 1.82) is 0 Å². The Morgan fingerprint density at radius 2 is 2.05 bits per heavy atom. The van der Waals surface area contributed by atoms with Crippen molar-refractivity contribution in [2.45, 2.75) is 44.8 Å². The molecule has 5 nitrogen and oxygen atoms in total. The summed E-state index contributed by atoms with van der Waals surface area (Å²) < 4.78 is 5.16. The molecule has 1 saturated carbocycles. The fraction of sp³-hybridized carbons (Fsp3) is 0.467. The molecule has 0 radical (unpaired) electrons. The normalized spacial score (nSPS) is 16.5. The van der Waals surface area contributed by atoms with E-state index in [9.17, 15) is 9.59 Å². The van der Waals surface area contributed by atoms with Gasteiger partial charge >= 0.3 is 5.97 Å². The van der Waals surface area contributed by atoms with Crippen LogP contribution < -0.4 is 11.1 Å². The lowest BCUT2D eigenvalue weighted by Gasteiger charge is -2.17. The molecule has 21 heavy (non-hydrogen) atoms. The van der Waals surface area contributed by atoms with E-state index in [1.807, 2.05) is 0 Å². The van der Waals surface area contributed by atoms with E-state index in [1.165, 1.54) is 12.1 Å². The molecule has 3 N–H and O–H groups in total. The number of ether oxygens (including phenoxy) is 1. The molecule has 1 amide bonds. The summed E-state index contributed by atoms with van der Waals surface area (Å²) in [5.74, 6) is -0.902. The molecule has 1 atom stereocenters. The fourth-order valence-corrected chi connectivity index (χ4v) is 2.57. The maximum atomic E-state index is 12.0. The number of esters is 1. The number of hydrogen-bond donors (Lipinski definition) is 2. The smallest absolute Gasteiger partial charge is 0.341 e. The van der Waals surface area contributed by atoms with Crippen LogP contribution in [0.25, 0.3) is 0 Å². The largest absolute Gasteiger partial charge is 0.449 e. The first-order valence-electron chi connectivity index (χ1n) is 7.03. The lowest BCUT2D eigenvalue weighted by Crippen LogP contribution is -2.40. The van der Waals surface area contributed by atoms with E-state index in [-0.39, 0.29) is 23.2 Å². The molecular weight excluding hydrogens is 292 g/mol. The molecule has 1 unspecified atom stereocenters. The average molecular weight is 311 g/mol. The van der Waals surface area contributed by atoms with E-state index in [0.717, 1.165) is 25.7 Å². The highest BCUT2D eigenvalue weighted by atomic mass is 35.5. The third kappa shape index (κ3) is 4.11. The number of anilines is 1. The SMILES string of the molecule is CC(OC(=O)c1ccc(Cl)cc1N)C(=O)NC1CCCC1. The summed E-state index contributed by atoms with van der Waals surface area (Å²) >= 11 is 5.78. The van der Waals surface area contributed by atoms with Gasteiger partial charge in [-0.05, 0) is 38.0 Å². The van der Waals surface area contributed by atoms with Gasteiger partial charge in [-0.15, -0.1) is 0 Å². The van der Waals surface area contributed by atoms with Crippen LogP contribution in [0.3, 0.4) is 0 Å². The Balaban J connectivity index is 1.93. The van der Waals surface area contributed by atoms with E-state index in [4.69, 9.17) is 22.1 Å². The van der Waals surface area contributed by atoms with Gasteiger partial charge in [0.15, 0.2) is 6.10 Å². The van der Waals surface area contributed by atoms with Gasteiger partial charge in [-0.25, -0.2) is 4.79 Å². The van der Waals surface area contributed by atoms with Crippen LogP contribution in [0.1, 0.15) is 43.0 Å². The van der Waals surface area contributed by atoms with E-state index in [1.54, 1.807) is 13.0 Å². The maximum absolute atomic E-state index is 12.0. The predicted octanol–water partition coefficient (Wildman–Crippen LogP) is 2.53. The standard InChI is InChI=1S/C15H19ClN2O3/c1-9(14(19)18-11-4-2-3-5-11)21-15(20)12-7-6-10(16)8-13(12)17/h6-9,11H,2-5,17H2,1H3,(H,18,19). The fourth-order valence-electron chi connectivity index (χ4n) is 2.39. The van der Waals surface area contributed by atoms with Gasteiger partial charge in [0.25, 0.3) is 5.91 Å². The molecule has 0 aromatic heterocycles. The van der Waals surface area contributed by atoms with Crippen LogP contribution in [0.2, 0.25) is 5.02 Å². The highest BCUT2D eigenvalue weighted by molar-refractivity contribution is 6.31. The average Bonchev–Trinajstić information content (AvgIpc) is 2.91. The van der Waals surface area contributed by atoms with Gasteiger partial charge in [0, 0.05) is 16.8 Å². The number of carbonyl (C=O) groups is 2. The minimum atomic E-state index is -0.854. The zero-order valence-electron chi connectivity index (χ0n) is 11.9. The minimum Gasteiger partial charge on any atom is -0.449 e. The summed E-state index contributed by atoms with van der Waals surface area (Å²) in [5.41, 5.74) is 6.16. The second-order valence-corrected chi connectivity index (χ2v) is 5.71. The molecule has 1 aromatic carbocycles. The van der Waals surface area contributed by atoms with Gasteiger partial charge in [-0.1, -0.05) is 24.4 Å². The first-order valence-corrected chi connectivity index (χ1v) is 7.41. The van der Waals surface area contributed by atoms with E-state index >= 15 is 0 Å². The third-order valence-corrected chi connectivity index (χ3v) is 3.82. The number of nitrogens with one attached hydrogen (secondary N) is 1. The monoisotopic (exact) mass is 310 g/mol. The number of carbonyl (C=O) groups excluding carboxylic acids is 2. The van der Waals surface area contributed by atoms with Crippen LogP contribution in [0.15, 0.2) is 18.2 Å². The van der Waals surface area contributed by atoms with Gasteiger partial charge in [-0.2, -0.15) is 0 Å². The molecule has 0 saturated heterocycles. The van der Waals surface area contributed by atoms with Crippen molar-refractivity contribution in [3.8, 4) is 0 Å². The topological polar surface area (TPSA) is 81.4 Å². The van der Waals surface area contributed by atoms with Crippen molar-refractivity contribution in [1.82, 2.24) is 5.32 Å². The molecule has 0 heterocycles. The maximum Gasteiger partial charge on any atom is 0.341 e. The lowest BCUT2D eigenvalue weighted by atomic mass is 10.2. The van der Waals surface area contributed by atoms with Crippen LogP contribution in [0.4, 0.5) is 5.69 Å². The van der Waals surface area contributed by atoms with Gasteiger partial charge in [-0.3, -0.25) is 4.79 Å². The van der Waals surface area contributed by atoms with Crippen LogP contribution in [-0.4, -0.2) is 24.0 Å². The van der Waals surface area contributed by atoms with Gasteiger partial charge in [0.2, 0.25) is 0 Å². The van der Waals surface area contributed by atoms with Crippen molar-refractivity contribution in [3.63, 3.8) is 0 Å². The summed E-state index contributed by atoms with van der Waals surface area (Å²) in [5, 5.41) is 3.33.